The Morgan fingerprint density at radius 1 is 1.19 bits per heavy atom. The Morgan fingerprint density at radius 3 is 2.31 bits per heavy atom. The van der Waals surface area contributed by atoms with Crippen molar-refractivity contribution in [2.24, 2.45) is 0 Å². The largest absolute Gasteiger partial charge is 0.384 e. The zero-order chi connectivity index (χ0) is 12.0. The van der Waals surface area contributed by atoms with Crippen molar-refractivity contribution in [1.82, 2.24) is 5.32 Å². The summed E-state index contributed by atoms with van der Waals surface area (Å²) < 4.78 is 5.25. The molecule has 1 aromatic carbocycles. The van der Waals surface area contributed by atoms with E-state index in [2.05, 4.69) is 43.4 Å². The molecule has 0 spiro atoms. The van der Waals surface area contributed by atoms with Crippen LogP contribution in [-0.4, -0.2) is 27.3 Å². The van der Waals surface area contributed by atoms with Crippen LogP contribution in [0.25, 0.3) is 0 Å². The fourth-order valence-electron chi connectivity index (χ4n) is 1.84. The van der Waals surface area contributed by atoms with Crippen LogP contribution >= 0.6 is 0 Å². The van der Waals surface area contributed by atoms with Crippen LogP contribution in [0, 0.1) is 0 Å². The van der Waals surface area contributed by atoms with Crippen molar-refractivity contribution in [3.63, 3.8) is 0 Å². The normalized spacial score (nSPS) is 11.8. The van der Waals surface area contributed by atoms with E-state index in [4.69, 9.17) is 4.74 Å². The Labute approximate surface area is 99.0 Å². The Hall–Kier alpha value is -0.860. The lowest BCUT2D eigenvalue weighted by Crippen LogP contribution is -2.23. The van der Waals surface area contributed by atoms with Crippen molar-refractivity contribution in [3.05, 3.63) is 35.4 Å². The van der Waals surface area contributed by atoms with E-state index >= 15 is 0 Å². The summed E-state index contributed by atoms with van der Waals surface area (Å²) in [5.41, 5.74) is 2.81. The maximum Gasteiger partial charge on any atom is 0.0553 e. The van der Waals surface area contributed by atoms with E-state index in [-0.39, 0.29) is 5.41 Å². The maximum absolute atomic E-state index is 5.25. The van der Waals surface area contributed by atoms with Gasteiger partial charge in [0.05, 0.1) is 6.61 Å². The number of ether oxygens (including phenoxy) is 1. The molecule has 0 unspecified atom stereocenters. The summed E-state index contributed by atoms with van der Waals surface area (Å²) >= 11 is 0. The van der Waals surface area contributed by atoms with Gasteiger partial charge in [0, 0.05) is 12.5 Å². The molecule has 16 heavy (non-hydrogen) atoms. The van der Waals surface area contributed by atoms with Crippen LogP contribution < -0.4 is 5.32 Å². The minimum absolute atomic E-state index is 0.0935. The lowest BCUT2D eigenvalue weighted by Gasteiger charge is -2.24. The summed E-state index contributed by atoms with van der Waals surface area (Å²) in [6, 6.07) is 8.85. The quantitative estimate of drug-likeness (QED) is 0.796. The Morgan fingerprint density at radius 2 is 1.81 bits per heavy atom. The number of rotatable bonds is 6. The van der Waals surface area contributed by atoms with Gasteiger partial charge in [-0.1, -0.05) is 38.1 Å². The Bertz CT molecular complexity index is 303. The van der Waals surface area contributed by atoms with Gasteiger partial charge in [-0.25, -0.2) is 0 Å². The first kappa shape index (κ1) is 13.2. The van der Waals surface area contributed by atoms with Crippen molar-refractivity contribution < 1.29 is 4.74 Å². The number of nitrogens with one attached hydrogen (secondary N) is 1. The molecule has 0 aliphatic heterocycles. The molecule has 0 amide bonds. The summed E-state index contributed by atoms with van der Waals surface area (Å²) in [5.74, 6) is 0. The van der Waals surface area contributed by atoms with E-state index in [0.29, 0.717) is 0 Å². The first-order chi connectivity index (χ1) is 7.60. The predicted molar refractivity (Wildman–Crippen MR) is 69.0 cm³/mol. The van der Waals surface area contributed by atoms with E-state index in [1.807, 2.05) is 7.05 Å². The topological polar surface area (TPSA) is 21.3 Å². The van der Waals surface area contributed by atoms with Crippen LogP contribution in [0.2, 0.25) is 0 Å². The second-order valence-electron chi connectivity index (χ2n) is 4.87. The van der Waals surface area contributed by atoms with Gasteiger partial charge in [0.15, 0.2) is 0 Å². The minimum atomic E-state index is 0.0935. The fraction of sp³-hybridized carbons (Fsp3) is 0.571. The van der Waals surface area contributed by atoms with Gasteiger partial charge >= 0.3 is 0 Å². The smallest absolute Gasteiger partial charge is 0.0553 e. The van der Waals surface area contributed by atoms with Gasteiger partial charge in [-0.15, -0.1) is 0 Å². The SMILES string of the molecule is CNCCc1ccc(C(C)(C)COC)cc1. The first-order valence-electron chi connectivity index (χ1n) is 5.83. The van der Waals surface area contributed by atoms with Crippen LogP contribution in [0.1, 0.15) is 25.0 Å². The van der Waals surface area contributed by atoms with Gasteiger partial charge in [0.25, 0.3) is 0 Å². The van der Waals surface area contributed by atoms with Crippen molar-refractivity contribution >= 4 is 0 Å². The maximum atomic E-state index is 5.25. The van der Waals surface area contributed by atoms with E-state index in [9.17, 15) is 0 Å². The third-order valence-electron chi connectivity index (χ3n) is 2.90. The molecule has 1 rings (SSSR count). The molecule has 1 N–H and O–H groups in total. The number of methoxy groups -OCH3 is 1. The molecular formula is C14H23NO. The third-order valence-corrected chi connectivity index (χ3v) is 2.90. The summed E-state index contributed by atoms with van der Waals surface area (Å²) in [7, 11) is 3.74. The molecule has 0 aromatic heterocycles. The molecule has 0 aliphatic rings. The standard InChI is InChI=1S/C14H23NO/c1-14(2,11-16-4)13-7-5-12(6-8-13)9-10-15-3/h5-8,15H,9-11H2,1-4H3. The number of hydrogen-bond acceptors (Lipinski definition) is 2. The van der Waals surface area contributed by atoms with Crippen molar-refractivity contribution in [2.45, 2.75) is 25.7 Å². The van der Waals surface area contributed by atoms with Crippen LogP contribution in [0.15, 0.2) is 24.3 Å². The van der Waals surface area contributed by atoms with Crippen LogP contribution in [0.5, 0.6) is 0 Å². The lowest BCUT2D eigenvalue weighted by atomic mass is 9.85. The predicted octanol–water partition coefficient (Wildman–Crippen LogP) is 2.37. The molecule has 0 heterocycles. The van der Waals surface area contributed by atoms with Gasteiger partial charge in [-0.2, -0.15) is 0 Å². The Kier molecular flexibility index (Phi) is 4.97. The van der Waals surface area contributed by atoms with Gasteiger partial charge in [-0.05, 0) is 31.1 Å². The molecule has 0 saturated heterocycles. The zero-order valence-electron chi connectivity index (χ0n) is 10.8. The average Bonchev–Trinajstić information content (AvgIpc) is 2.27. The summed E-state index contributed by atoms with van der Waals surface area (Å²) in [5, 5.41) is 3.16. The van der Waals surface area contributed by atoms with Gasteiger partial charge < -0.3 is 10.1 Å². The lowest BCUT2D eigenvalue weighted by molar-refractivity contribution is 0.146. The van der Waals surface area contributed by atoms with Crippen LogP contribution in [-0.2, 0) is 16.6 Å². The molecule has 0 atom stereocenters. The van der Waals surface area contributed by atoms with Gasteiger partial charge in [-0.3, -0.25) is 0 Å². The fourth-order valence-corrected chi connectivity index (χ4v) is 1.84. The van der Waals surface area contributed by atoms with Gasteiger partial charge in [0.1, 0.15) is 0 Å². The molecule has 2 heteroatoms. The molecule has 1 aromatic rings. The van der Waals surface area contributed by atoms with Crippen molar-refractivity contribution in [1.29, 1.82) is 0 Å². The van der Waals surface area contributed by atoms with E-state index in [1.54, 1.807) is 7.11 Å². The zero-order valence-corrected chi connectivity index (χ0v) is 10.8. The molecule has 0 saturated carbocycles. The molecule has 90 valence electrons. The third kappa shape index (κ3) is 3.62. The highest BCUT2D eigenvalue weighted by atomic mass is 16.5. The molecule has 2 nitrogen and oxygen atoms in total. The van der Waals surface area contributed by atoms with Crippen LogP contribution in [0.3, 0.4) is 0 Å². The Balaban J connectivity index is 2.70. The monoisotopic (exact) mass is 221 g/mol. The van der Waals surface area contributed by atoms with Crippen molar-refractivity contribution in [2.75, 3.05) is 27.3 Å². The summed E-state index contributed by atoms with van der Waals surface area (Å²) in [4.78, 5) is 0. The molecule has 0 bridgehead atoms. The minimum Gasteiger partial charge on any atom is -0.384 e. The van der Waals surface area contributed by atoms with Gasteiger partial charge in [0.2, 0.25) is 0 Å². The second-order valence-corrected chi connectivity index (χ2v) is 4.87. The highest BCUT2D eigenvalue weighted by Crippen LogP contribution is 2.23. The highest BCUT2D eigenvalue weighted by molar-refractivity contribution is 5.28. The highest BCUT2D eigenvalue weighted by Gasteiger charge is 2.19. The first-order valence-corrected chi connectivity index (χ1v) is 5.83. The molecular weight excluding hydrogens is 198 g/mol. The number of likely N-dealkylation sites (N-methyl/N-ethyl adjacent to an activating group) is 1. The van der Waals surface area contributed by atoms with Crippen LogP contribution in [0.4, 0.5) is 0 Å². The summed E-state index contributed by atoms with van der Waals surface area (Å²) in [6.45, 7) is 6.20. The van der Waals surface area contributed by atoms with E-state index in [1.165, 1.54) is 11.1 Å². The number of hydrogen-bond donors (Lipinski definition) is 1. The van der Waals surface area contributed by atoms with E-state index < -0.39 is 0 Å². The summed E-state index contributed by atoms with van der Waals surface area (Å²) in [6.07, 6.45) is 1.08. The van der Waals surface area contributed by atoms with Crippen molar-refractivity contribution in [3.8, 4) is 0 Å². The molecule has 0 aliphatic carbocycles. The average molecular weight is 221 g/mol. The molecule has 0 radical (unpaired) electrons. The molecule has 0 fully saturated rings. The number of benzene rings is 1. The second kappa shape index (κ2) is 6.02. The van der Waals surface area contributed by atoms with E-state index in [0.717, 1.165) is 19.6 Å².